The lowest BCUT2D eigenvalue weighted by Crippen LogP contribution is -2.47. The van der Waals surface area contributed by atoms with Crippen LogP contribution in [0.15, 0.2) is 72.8 Å². The number of hydrogen-bond acceptors (Lipinski definition) is 5. The van der Waals surface area contributed by atoms with E-state index in [4.69, 9.17) is 4.74 Å². The fourth-order valence-electron chi connectivity index (χ4n) is 5.23. The number of para-hydroxylation sites is 1. The van der Waals surface area contributed by atoms with Gasteiger partial charge in [-0.3, -0.25) is 9.59 Å². The maximum Gasteiger partial charge on any atom is 0.247 e. The zero-order chi connectivity index (χ0) is 27.2. The smallest absolute Gasteiger partial charge is 0.247 e. The van der Waals surface area contributed by atoms with Gasteiger partial charge in [0.15, 0.2) is 0 Å². The van der Waals surface area contributed by atoms with Crippen LogP contribution in [0.2, 0.25) is 0 Å². The van der Waals surface area contributed by atoms with E-state index in [1.54, 1.807) is 9.58 Å². The largest absolute Gasteiger partial charge is 0.376 e. The summed E-state index contributed by atoms with van der Waals surface area (Å²) in [5, 5.41) is 11.5. The monoisotopic (exact) mass is 525 g/mol. The van der Waals surface area contributed by atoms with Crippen LogP contribution < -0.4 is 5.32 Å². The summed E-state index contributed by atoms with van der Waals surface area (Å²) in [4.78, 5) is 29.6. The van der Waals surface area contributed by atoms with Gasteiger partial charge in [0.25, 0.3) is 0 Å². The molecule has 0 aliphatic carbocycles. The van der Waals surface area contributed by atoms with Crippen molar-refractivity contribution in [2.45, 2.75) is 51.8 Å². The third-order valence-electron chi connectivity index (χ3n) is 7.32. The van der Waals surface area contributed by atoms with Crippen molar-refractivity contribution in [3.8, 4) is 0 Å². The van der Waals surface area contributed by atoms with Gasteiger partial charge in [-0.1, -0.05) is 71.4 Å². The maximum atomic E-state index is 14.1. The number of hydrogen-bond donors (Lipinski definition) is 1. The maximum absolute atomic E-state index is 14.1. The lowest BCUT2D eigenvalue weighted by molar-refractivity contribution is -0.141. The fraction of sp³-hybridized carbons (Fsp3) is 0.355. The van der Waals surface area contributed by atoms with Gasteiger partial charge in [0, 0.05) is 19.7 Å². The number of aromatic nitrogens is 3. The average molecular weight is 526 g/mol. The van der Waals surface area contributed by atoms with Gasteiger partial charge < -0.3 is 15.0 Å². The van der Waals surface area contributed by atoms with E-state index in [0.29, 0.717) is 26.1 Å². The third kappa shape index (κ3) is 6.34. The Morgan fingerprint density at radius 3 is 2.69 bits per heavy atom. The Hall–Kier alpha value is -4.04. The van der Waals surface area contributed by atoms with Gasteiger partial charge in [0.1, 0.15) is 18.1 Å². The molecule has 8 heteroatoms. The number of amides is 2. The van der Waals surface area contributed by atoms with Crippen molar-refractivity contribution in [3.05, 3.63) is 95.1 Å². The minimum absolute atomic E-state index is 0.00410. The molecule has 3 aromatic carbocycles. The molecule has 5 rings (SSSR count). The van der Waals surface area contributed by atoms with Crippen molar-refractivity contribution in [1.29, 1.82) is 0 Å². The molecule has 1 fully saturated rings. The standard InChI is InChI=1S/C31H35N5O3/c1-22-9-7-11-24(19-22)16-17-35(29(37)21-36-28-15-6-5-14-27(28)33-34-36)30(26-13-4-3-10-23(26)2)31(38)32-20-25-12-8-18-39-25/h3-7,9-11,13-15,19,25,30H,8,12,16-18,20-21H2,1-2H3,(H,32,38)/t25-,30-/m1/s1. The van der Waals surface area contributed by atoms with Gasteiger partial charge in [-0.2, -0.15) is 0 Å². The van der Waals surface area contributed by atoms with E-state index >= 15 is 0 Å². The highest BCUT2D eigenvalue weighted by Gasteiger charge is 2.33. The van der Waals surface area contributed by atoms with Crippen molar-refractivity contribution >= 4 is 22.8 Å². The van der Waals surface area contributed by atoms with Crippen molar-refractivity contribution in [3.63, 3.8) is 0 Å². The first-order chi connectivity index (χ1) is 19.0. The summed E-state index contributed by atoms with van der Waals surface area (Å²) in [5.41, 5.74) is 5.53. The molecule has 1 aliphatic heterocycles. The molecule has 0 bridgehead atoms. The Balaban J connectivity index is 1.47. The van der Waals surface area contributed by atoms with Gasteiger partial charge >= 0.3 is 0 Å². The molecule has 1 aliphatic rings. The molecule has 2 heterocycles. The van der Waals surface area contributed by atoms with E-state index in [0.717, 1.165) is 46.1 Å². The number of carbonyl (C=O) groups is 2. The van der Waals surface area contributed by atoms with Crippen LogP contribution in [0.3, 0.4) is 0 Å². The molecular weight excluding hydrogens is 490 g/mol. The SMILES string of the molecule is Cc1cccc(CCN(C(=O)Cn2nnc3ccccc32)[C@@H](C(=O)NC[C@H]2CCCO2)c2ccccc2C)c1. The van der Waals surface area contributed by atoms with Crippen LogP contribution in [-0.4, -0.2) is 57.5 Å². The number of ether oxygens (including phenoxy) is 1. The molecule has 0 spiro atoms. The molecule has 202 valence electrons. The highest BCUT2D eigenvalue weighted by atomic mass is 16.5. The summed E-state index contributed by atoms with van der Waals surface area (Å²) in [6.07, 6.45) is 2.54. The van der Waals surface area contributed by atoms with E-state index in [2.05, 4.69) is 40.8 Å². The summed E-state index contributed by atoms with van der Waals surface area (Å²) in [6, 6.07) is 22.8. The van der Waals surface area contributed by atoms with E-state index in [-0.39, 0.29) is 24.5 Å². The van der Waals surface area contributed by atoms with Crippen molar-refractivity contribution < 1.29 is 14.3 Å². The number of rotatable bonds is 10. The van der Waals surface area contributed by atoms with Crippen molar-refractivity contribution in [2.24, 2.45) is 0 Å². The van der Waals surface area contributed by atoms with Crippen LogP contribution >= 0.6 is 0 Å². The molecule has 4 aromatic rings. The molecule has 39 heavy (non-hydrogen) atoms. The van der Waals surface area contributed by atoms with Crippen LogP contribution in [0, 0.1) is 13.8 Å². The second kappa shape index (κ2) is 12.2. The summed E-state index contributed by atoms with van der Waals surface area (Å²) in [5.74, 6) is -0.403. The Bertz CT molecular complexity index is 1440. The minimum Gasteiger partial charge on any atom is -0.376 e. The van der Waals surface area contributed by atoms with Crippen LogP contribution in [0.25, 0.3) is 11.0 Å². The van der Waals surface area contributed by atoms with Crippen molar-refractivity contribution in [2.75, 3.05) is 19.7 Å². The number of aryl methyl sites for hydroxylation is 2. The number of carbonyl (C=O) groups excluding carboxylic acids is 2. The van der Waals surface area contributed by atoms with Crippen molar-refractivity contribution in [1.82, 2.24) is 25.2 Å². The molecule has 0 unspecified atom stereocenters. The first kappa shape index (κ1) is 26.6. The molecule has 0 saturated carbocycles. The predicted octanol–water partition coefficient (Wildman–Crippen LogP) is 4.16. The average Bonchev–Trinajstić information content (AvgIpc) is 3.61. The van der Waals surface area contributed by atoms with Crippen LogP contribution in [0.1, 0.15) is 41.1 Å². The molecule has 8 nitrogen and oxygen atoms in total. The Labute approximate surface area is 229 Å². The summed E-state index contributed by atoms with van der Waals surface area (Å²) >= 11 is 0. The summed E-state index contributed by atoms with van der Waals surface area (Å²) in [7, 11) is 0. The van der Waals surface area contributed by atoms with Gasteiger partial charge in [0.2, 0.25) is 11.8 Å². The number of benzene rings is 3. The number of nitrogens with zero attached hydrogens (tertiary/aromatic N) is 4. The van der Waals surface area contributed by atoms with Gasteiger partial charge in [-0.25, -0.2) is 4.68 Å². The molecule has 2 atom stereocenters. The highest BCUT2D eigenvalue weighted by Crippen LogP contribution is 2.26. The topological polar surface area (TPSA) is 89.4 Å². The van der Waals surface area contributed by atoms with Gasteiger partial charge in [-0.15, -0.1) is 5.10 Å². The lowest BCUT2D eigenvalue weighted by Gasteiger charge is -2.32. The first-order valence-electron chi connectivity index (χ1n) is 13.6. The van der Waals surface area contributed by atoms with E-state index in [9.17, 15) is 9.59 Å². The Kier molecular flexibility index (Phi) is 8.32. The Morgan fingerprint density at radius 2 is 1.90 bits per heavy atom. The summed E-state index contributed by atoms with van der Waals surface area (Å²) < 4.78 is 7.34. The van der Waals surface area contributed by atoms with E-state index < -0.39 is 6.04 Å². The molecule has 2 amide bonds. The minimum atomic E-state index is -0.792. The van der Waals surface area contributed by atoms with E-state index in [1.165, 1.54) is 0 Å². The molecule has 0 radical (unpaired) electrons. The highest BCUT2D eigenvalue weighted by molar-refractivity contribution is 5.89. The number of fused-ring (bicyclic) bond motifs is 1. The van der Waals surface area contributed by atoms with Gasteiger partial charge in [-0.05, 0) is 61.9 Å². The predicted molar refractivity (Wildman–Crippen MR) is 150 cm³/mol. The first-order valence-corrected chi connectivity index (χ1v) is 13.6. The Morgan fingerprint density at radius 1 is 1.08 bits per heavy atom. The second-order valence-corrected chi connectivity index (χ2v) is 10.2. The second-order valence-electron chi connectivity index (χ2n) is 10.2. The molecule has 1 aromatic heterocycles. The zero-order valence-electron chi connectivity index (χ0n) is 22.5. The molecule has 1 saturated heterocycles. The normalized spacial score (nSPS) is 15.8. The third-order valence-corrected chi connectivity index (χ3v) is 7.32. The quantitative estimate of drug-likeness (QED) is 0.336. The van der Waals surface area contributed by atoms with Crippen LogP contribution in [0.5, 0.6) is 0 Å². The van der Waals surface area contributed by atoms with Crippen LogP contribution in [0.4, 0.5) is 0 Å². The lowest BCUT2D eigenvalue weighted by atomic mass is 9.98. The van der Waals surface area contributed by atoms with Gasteiger partial charge in [0.05, 0.1) is 11.6 Å². The fourth-order valence-corrected chi connectivity index (χ4v) is 5.23. The van der Waals surface area contributed by atoms with Crippen LogP contribution in [-0.2, 0) is 27.3 Å². The molecule has 1 N–H and O–H groups in total. The zero-order valence-corrected chi connectivity index (χ0v) is 22.5. The van der Waals surface area contributed by atoms with E-state index in [1.807, 2.05) is 61.5 Å². The summed E-state index contributed by atoms with van der Waals surface area (Å²) in [6.45, 7) is 5.53. The number of nitrogens with one attached hydrogen (secondary N) is 1. The molecular formula is C31H35N5O3.